The Bertz CT molecular complexity index is 1800. The van der Waals surface area contributed by atoms with E-state index in [0.717, 1.165) is 22.0 Å². The first-order valence-corrected chi connectivity index (χ1v) is 17.7. The zero-order chi connectivity index (χ0) is 30.8. The third kappa shape index (κ3) is 7.37. The van der Waals surface area contributed by atoms with Crippen LogP contribution in [0.4, 0.5) is 0 Å². The summed E-state index contributed by atoms with van der Waals surface area (Å²) in [7, 11) is -2.35. The third-order valence-corrected chi connectivity index (χ3v) is 12.0. The van der Waals surface area contributed by atoms with Crippen LogP contribution in [0.2, 0.25) is 0 Å². The highest BCUT2D eigenvalue weighted by atomic mass is 32.2. The minimum atomic E-state index is -1.35. The van der Waals surface area contributed by atoms with E-state index in [4.69, 9.17) is 0 Å². The molecule has 6 rings (SSSR count). The molecule has 3 atom stereocenters. The van der Waals surface area contributed by atoms with E-state index in [2.05, 4.69) is 35.6 Å². The summed E-state index contributed by atoms with van der Waals surface area (Å²) in [5, 5.41) is 6.24. The second kappa shape index (κ2) is 14.9. The van der Waals surface area contributed by atoms with Crippen molar-refractivity contribution in [2.75, 3.05) is 0 Å². The van der Waals surface area contributed by atoms with Crippen molar-refractivity contribution in [2.45, 2.75) is 17.0 Å². The molecule has 0 aliphatic rings. The van der Waals surface area contributed by atoms with E-state index < -0.39 is 30.0 Å². The van der Waals surface area contributed by atoms with Gasteiger partial charge in [0.15, 0.2) is 0 Å². The minimum Gasteiger partial charge on any atom is -0.344 e. The molecular weight excluding hydrogens is 589 g/mol. The first-order valence-electron chi connectivity index (χ1n) is 15.0. The Morgan fingerprint density at radius 1 is 0.556 bits per heavy atom. The number of rotatable bonds is 11. The smallest absolute Gasteiger partial charge is 0.252 e. The lowest BCUT2D eigenvalue weighted by atomic mass is 9.97. The van der Waals surface area contributed by atoms with Crippen LogP contribution in [0.25, 0.3) is 0 Å². The molecule has 0 saturated heterocycles. The SMILES string of the molecule is O=C(N[C@@H](c1ccccc1)[C@@H](c1ccccc1)S(=O)Cc1ccccc1)c1ccccc1P(c1ccccc1)c1ccccc1. The van der Waals surface area contributed by atoms with E-state index in [1.807, 2.05) is 146 Å². The molecule has 6 aromatic rings. The van der Waals surface area contributed by atoms with Crippen molar-refractivity contribution in [3.63, 3.8) is 0 Å². The highest BCUT2D eigenvalue weighted by Crippen LogP contribution is 2.37. The van der Waals surface area contributed by atoms with E-state index in [1.54, 1.807) is 0 Å². The summed E-state index contributed by atoms with van der Waals surface area (Å²) in [4.78, 5) is 14.5. The maximum atomic E-state index is 14.5. The van der Waals surface area contributed by atoms with Gasteiger partial charge >= 0.3 is 0 Å². The highest BCUT2D eigenvalue weighted by Gasteiger charge is 2.33. The van der Waals surface area contributed by atoms with Gasteiger partial charge in [0, 0.05) is 22.1 Å². The van der Waals surface area contributed by atoms with Gasteiger partial charge in [0.25, 0.3) is 5.91 Å². The Labute approximate surface area is 269 Å². The van der Waals surface area contributed by atoms with Crippen molar-refractivity contribution < 1.29 is 9.00 Å². The average Bonchev–Trinajstić information content (AvgIpc) is 3.10. The first-order chi connectivity index (χ1) is 22.2. The molecule has 0 bridgehead atoms. The van der Waals surface area contributed by atoms with Crippen LogP contribution in [-0.4, -0.2) is 10.1 Å². The van der Waals surface area contributed by atoms with Gasteiger partial charge in [-0.3, -0.25) is 9.00 Å². The average molecular weight is 624 g/mol. The Kier molecular flexibility index (Phi) is 10.1. The van der Waals surface area contributed by atoms with Crippen molar-refractivity contribution >= 4 is 40.5 Å². The minimum absolute atomic E-state index is 0.184. The number of amides is 1. The Morgan fingerprint density at radius 3 is 1.56 bits per heavy atom. The van der Waals surface area contributed by atoms with Crippen LogP contribution >= 0.6 is 7.92 Å². The van der Waals surface area contributed by atoms with Gasteiger partial charge in [-0.25, -0.2) is 0 Å². The Balaban J connectivity index is 1.42. The molecule has 0 spiro atoms. The molecule has 45 heavy (non-hydrogen) atoms. The summed E-state index contributed by atoms with van der Waals surface area (Å²) in [6, 6.07) is 57.9. The Morgan fingerprint density at radius 2 is 1.00 bits per heavy atom. The number of benzene rings is 6. The van der Waals surface area contributed by atoms with Gasteiger partial charge in [-0.15, -0.1) is 0 Å². The fourth-order valence-corrected chi connectivity index (χ4v) is 9.76. The summed E-state index contributed by atoms with van der Waals surface area (Å²) < 4.78 is 14.4. The quantitative estimate of drug-likeness (QED) is 0.151. The molecule has 0 aliphatic carbocycles. The summed E-state index contributed by atoms with van der Waals surface area (Å²) >= 11 is 0. The molecule has 6 aromatic carbocycles. The molecular formula is C40H34NO2PS. The van der Waals surface area contributed by atoms with Crippen molar-refractivity contribution in [2.24, 2.45) is 0 Å². The summed E-state index contributed by atoms with van der Waals surface area (Å²) in [6.07, 6.45) is 0. The molecule has 5 heteroatoms. The number of carbonyl (C=O) groups is 1. The van der Waals surface area contributed by atoms with Gasteiger partial charge < -0.3 is 5.32 Å². The van der Waals surface area contributed by atoms with Gasteiger partial charge in [-0.2, -0.15) is 0 Å². The van der Waals surface area contributed by atoms with Gasteiger partial charge in [-0.1, -0.05) is 170 Å². The highest BCUT2D eigenvalue weighted by molar-refractivity contribution is 7.84. The van der Waals surface area contributed by atoms with Crippen LogP contribution in [0.1, 0.15) is 38.3 Å². The van der Waals surface area contributed by atoms with Gasteiger partial charge in [0.05, 0.1) is 11.3 Å². The van der Waals surface area contributed by atoms with Crippen molar-refractivity contribution in [3.8, 4) is 0 Å². The second-order valence-corrected chi connectivity index (χ2v) is 14.5. The molecule has 0 heterocycles. The van der Waals surface area contributed by atoms with Crippen molar-refractivity contribution in [3.05, 3.63) is 198 Å². The van der Waals surface area contributed by atoms with Gasteiger partial charge in [0.1, 0.15) is 0 Å². The fourth-order valence-electron chi connectivity index (χ4n) is 5.62. The molecule has 0 fully saturated rings. The fraction of sp³-hybridized carbons (Fsp3) is 0.0750. The zero-order valence-corrected chi connectivity index (χ0v) is 26.5. The number of carbonyl (C=O) groups excluding carboxylic acids is 1. The van der Waals surface area contributed by atoms with Crippen molar-refractivity contribution in [1.29, 1.82) is 0 Å². The normalized spacial score (nSPS) is 13.1. The molecule has 0 aromatic heterocycles. The summed E-state index contributed by atoms with van der Waals surface area (Å²) in [6.45, 7) is 0. The number of hydrogen-bond donors (Lipinski definition) is 1. The van der Waals surface area contributed by atoms with Crippen LogP contribution in [0.15, 0.2) is 176 Å². The van der Waals surface area contributed by atoms with Crippen LogP contribution in [0.5, 0.6) is 0 Å². The monoisotopic (exact) mass is 623 g/mol. The van der Waals surface area contributed by atoms with Crippen LogP contribution in [-0.2, 0) is 16.6 Å². The molecule has 1 N–H and O–H groups in total. The number of hydrogen-bond acceptors (Lipinski definition) is 2. The Hall–Kier alpha value is -4.63. The molecule has 222 valence electrons. The summed E-state index contributed by atoms with van der Waals surface area (Å²) in [5.74, 6) is 0.195. The standard InChI is InChI=1S/C40H34NO2PS/c42-40(36-28-16-17-29-37(36)44(34-24-12-4-13-25-34)35-26-14-5-15-27-35)41-38(32-20-8-2-9-21-32)39(33-22-10-3-11-23-33)45(43)30-31-18-6-1-7-19-31/h1-29,38-39H,30H2,(H,41,42)/t38-,39+,45?/m0/s1. The summed E-state index contributed by atoms with van der Waals surface area (Å²) in [5.41, 5.74) is 3.45. The lowest BCUT2D eigenvalue weighted by Crippen LogP contribution is -2.37. The van der Waals surface area contributed by atoms with E-state index in [9.17, 15) is 9.00 Å². The van der Waals surface area contributed by atoms with E-state index in [1.165, 1.54) is 10.6 Å². The maximum Gasteiger partial charge on any atom is 0.252 e. The van der Waals surface area contributed by atoms with E-state index >= 15 is 0 Å². The predicted octanol–water partition coefficient (Wildman–Crippen LogP) is 7.61. The molecule has 0 aliphatic heterocycles. The number of nitrogens with one attached hydrogen (secondary N) is 1. The molecule has 1 amide bonds. The molecule has 3 nitrogen and oxygen atoms in total. The van der Waals surface area contributed by atoms with Crippen LogP contribution < -0.4 is 21.2 Å². The maximum absolute atomic E-state index is 14.5. The van der Waals surface area contributed by atoms with E-state index in [-0.39, 0.29) is 5.91 Å². The lowest BCUT2D eigenvalue weighted by molar-refractivity contribution is 0.0937. The molecule has 1 unspecified atom stereocenters. The van der Waals surface area contributed by atoms with Gasteiger partial charge in [0.2, 0.25) is 0 Å². The predicted molar refractivity (Wildman–Crippen MR) is 189 cm³/mol. The molecule has 0 radical (unpaired) electrons. The van der Waals surface area contributed by atoms with Crippen LogP contribution in [0.3, 0.4) is 0 Å². The molecule has 0 saturated carbocycles. The first kappa shape index (κ1) is 30.4. The van der Waals surface area contributed by atoms with Gasteiger partial charge in [-0.05, 0) is 46.6 Å². The van der Waals surface area contributed by atoms with E-state index in [0.29, 0.717) is 11.3 Å². The topological polar surface area (TPSA) is 46.2 Å². The largest absolute Gasteiger partial charge is 0.344 e. The third-order valence-electron chi connectivity index (χ3n) is 7.73. The zero-order valence-electron chi connectivity index (χ0n) is 24.8. The van der Waals surface area contributed by atoms with Crippen molar-refractivity contribution in [1.82, 2.24) is 5.32 Å². The lowest BCUT2D eigenvalue weighted by Gasteiger charge is -2.29. The van der Waals surface area contributed by atoms with Crippen LogP contribution in [0, 0.1) is 0 Å². The second-order valence-electron chi connectivity index (χ2n) is 10.7.